The number of H-pyrrole nitrogens is 1. The summed E-state index contributed by atoms with van der Waals surface area (Å²) in [5.41, 5.74) is 3.72. The molecule has 0 aliphatic heterocycles. The molecule has 2 nitrogen and oxygen atoms in total. The molecule has 3 aromatic carbocycles. The van der Waals surface area contributed by atoms with Crippen LogP contribution < -0.4 is 0 Å². The zero-order valence-corrected chi connectivity index (χ0v) is 12.1. The second-order valence-electron chi connectivity index (χ2n) is 5.31. The highest BCUT2D eigenvalue weighted by atomic mass is 19.1. The van der Waals surface area contributed by atoms with Crippen molar-refractivity contribution in [3.8, 4) is 22.5 Å². The number of para-hydroxylation sites is 2. The number of imidazole rings is 1. The molecule has 0 aliphatic rings. The molecule has 4 rings (SSSR count). The highest BCUT2D eigenvalue weighted by molar-refractivity contribution is 5.80. The zero-order valence-electron chi connectivity index (χ0n) is 12.1. The molecule has 1 aromatic heterocycles. The summed E-state index contributed by atoms with van der Waals surface area (Å²) in [5.74, 6) is -0.443. The lowest BCUT2D eigenvalue weighted by molar-refractivity contribution is 0.585. The normalized spacial score (nSPS) is 11.0. The molecule has 0 radical (unpaired) electrons. The number of hydrogen-bond acceptors (Lipinski definition) is 1. The van der Waals surface area contributed by atoms with Crippen LogP contribution in [0.5, 0.6) is 0 Å². The Kier molecular flexibility index (Phi) is 3.15. The third-order valence-electron chi connectivity index (χ3n) is 3.77. The second kappa shape index (κ2) is 5.32. The van der Waals surface area contributed by atoms with E-state index in [9.17, 15) is 8.78 Å². The van der Waals surface area contributed by atoms with E-state index >= 15 is 0 Å². The van der Waals surface area contributed by atoms with Gasteiger partial charge < -0.3 is 4.98 Å². The van der Waals surface area contributed by atoms with Crippen LogP contribution in [0.4, 0.5) is 8.78 Å². The van der Waals surface area contributed by atoms with Gasteiger partial charge in [-0.25, -0.2) is 13.8 Å². The molecule has 1 heterocycles. The third kappa shape index (κ3) is 2.48. The average Bonchev–Trinajstić information content (AvgIpc) is 2.99. The molecule has 4 heteroatoms. The van der Waals surface area contributed by atoms with Gasteiger partial charge in [0.1, 0.15) is 17.5 Å². The minimum absolute atomic E-state index is 0.365. The fourth-order valence-electron chi connectivity index (χ4n) is 2.65. The van der Waals surface area contributed by atoms with Gasteiger partial charge in [-0.05, 0) is 35.9 Å². The van der Waals surface area contributed by atoms with Gasteiger partial charge >= 0.3 is 0 Å². The predicted octanol–water partition coefficient (Wildman–Crippen LogP) is 5.18. The molecular weight excluding hydrogens is 294 g/mol. The van der Waals surface area contributed by atoms with Crippen LogP contribution in [0.1, 0.15) is 0 Å². The van der Waals surface area contributed by atoms with Crippen molar-refractivity contribution < 1.29 is 8.78 Å². The van der Waals surface area contributed by atoms with E-state index in [1.54, 1.807) is 6.07 Å². The number of hydrogen-bond donors (Lipinski definition) is 1. The highest BCUT2D eigenvalue weighted by Crippen LogP contribution is 2.28. The summed E-state index contributed by atoms with van der Waals surface area (Å²) in [4.78, 5) is 7.79. The fraction of sp³-hybridized carbons (Fsp3) is 0. The smallest absolute Gasteiger partial charge is 0.138 e. The standard InChI is InChI=1S/C19H12F2N2/c20-14-8-9-15(16(21)11-14)12-4-3-5-13(10-12)19-22-17-6-1-2-7-18(17)23-19/h1-11H,(H,22,23). The van der Waals surface area contributed by atoms with Crippen LogP contribution in [0.15, 0.2) is 66.7 Å². The molecule has 0 atom stereocenters. The van der Waals surface area contributed by atoms with Crippen molar-refractivity contribution in [1.82, 2.24) is 9.97 Å². The first-order valence-electron chi connectivity index (χ1n) is 7.21. The molecular formula is C19H12F2N2. The Morgan fingerprint density at radius 3 is 2.43 bits per heavy atom. The lowest BCUT2D eigenvalue weighted by Gasteiger charge is -2.05. The first-order valence-corrected chi connectivity index (χ1v) is 7.21. The Morgan fingerprint density at radius 2 is 1.61 bits per heavy atom. The number of rotatable bonds is 2. The van der Waals surface area contributed by atoms with Gasteiger partial charge in [0.15, 0.2) is 0 Å². The molecule has 0 saturated carbocycles. The van der Waals surface area contributed by atoms with E-state index in [0.29, 0.717) is 11.1 Å². The molecule has 0 bridgehead atoms. The summed E-state index contributed by atoms with van der Waals surface area (Å²) >= 11 is 0. The number of aromatic nitrogens is 2. The molecule has 23 heavy (non-hydrogen) atoms. The summed E-state index contributed by atoms with van der Waals surface area (Å²) < 4.78 is 27.0. The van der Waals surface area contributed by atoms with Crippen LogP contribution in [0.3, 0.4) is 0 Å². The Balaban J connectivity index is 1.82. The van der Waals surface area contributed by atoms with Crippen LogP contribution in [-0.4, -0.2) is 9.97 Å². The lowest BCUT2D eigenvalue weighted by atomic mass is 10.0. The van der Waals surface area contributed by atoms with E-state index in [0.717, 1.165) is 28.5 Å². The van der Waals surface area contributed by atoms with E-state index < -0.39 is 11.6 Å². The maximum atomic E-state index is 14.0. The van der Waals surface area contributed by atoms with Crippen molar-refractivity contribution in [1.29, 1.82) is 0 Å². The van der Waals surface area contributed by atoms with Crippen molar-refractivity contribution in [2.75, 3.05) is 0 Å². The lowest BCUT2D eigenvalue weighted by Crippen LogP contribution is -1.88. The van der Waals surface area contributed by atoms with E-state index in [1.807, 2.05) is 42.5 Å². The van der Waals surface area contributed by atoms with Crippen LogP contribution in [0, 0.1) is 11.6 Å². The van der Waals surface area contributed by atoms with E-state index in [1.165, 1.54) is 12.1 Å². The van der Waals surface area contributed by atoms with E-state index in [4.69, 9.17) is 0 Å². The second-order valence-corrected chi connectivity index (χ2v) is 5.31. The minimum atomic E-state index is -0.584. The van der Waals surface area contributed by atoms with Crippen molar-refractivity contribution >= 4 is 11.0 Å². The van der Waals surface area contributed by atoms with Crippen LogP contribution in [-0.2, 0) is 0 Å². The Hall–Kier alpha value is -3.01. The number of halogens is 2. The quantitative estimate of drug-likeness (QED) is 0.543. The number of nitrogens with zero attached hydrogens (tertiary/aromatic N) is 1. The summed E-state index contributed by atoms with van der Waals surface area (Å²) in [6.45, 7) is 0. The first kappa shape index (κ1) is 13.6. The minimum Gasteiger partial charge on any atom is -0.338 e. The highest BCUT2D eigenvalue weighted by Gasteiger charge is 2.09. The topological polar surface area (TPSA) is 28.7 Å². The zero-order chi connectivity index (χ0) is 15.8. The molecule has 1 N–H and O–H groups in total. The molecule has 0 aliphatic carbocycles. The van der Waals surface area contributed by atoms with Crippen molar-refractivity contribution in [2.24, 2.45) is 0 Å². The Bertz CT molecular complexity index is 972. The van der Waals surface area contributed by atoms with Crippen molar-refractivity contribution in [2.45, 2.75) is 0 Å². The molecule has 0 saturated heterocycles. The van der Waals surface area contributed by atoms with Crippen LogP contribution in [0.25, 0.3) is 33.5 Å². The Morgan fingerprint density at radius 1 is 0.783 bits per heavy atom. The van der Waals surface area contributed by atoms with Gasteiger partial charge in [-0.2, -0.15) is 0 Å². The van der Waals surface area contributed by atoms with Crippen molar-refractivity contribution in [3.05, 3.63) is 78.4 Å². The average molecular weight is 306 g/mol. The van der Waals surface area contributed by atoms with Crippen LogP contribution >= 0.6 is 0 Å². The van der Waals surface area contributed by atoms with E-state index in [2.05, 4.69) is 9.97 Å². The van der Waals surface area contributed by atoms with Gasteiger partial charge in [0.05, 0.1) is 11.0 Å². The molecule has 0 fully saturated rings. The van der Waals surface area contributed by atoms with Crippen molar-refractivity contribution in [3.63, 3.8) is 0 Å². The molecule has 112 valence electrons. The molecule has 0 spiro atoms. The predicted molar refractivity (Wildman–Crippen MR) is 86.9 cm³/mol. The Labute approximate surface area is 131 Å². The van der Waals surface area contributed by atoms with Gasteiger partial charge in [-0.1, -0.05) is 30.3 Å². The van der Waals surface area contributed by atoms with Gasteiger partial charge in [0.2, 0.25) is 0 Å². The number of nitrogens with one attached hydrogen (secondary N) is 1. The summed E-state index contributed by atoms with van der Waals surface area (Å²) in [7, 11) is 0. The molecule has 0 amide bonds. The number of fused-ring (bicyclic) bond motifs is 1. The van der Waals surface area contributed by atoms with Gasteiger partial charge in [0.25, 0.3) is 0 Å². The SMILES string of the molecule is Fc1ccc(-c2cccc(-c3nc4ccccc4[nH]3)c2)c(F)c1. The maximum absolute atomic E-state index is 14.0. The molecule has 0 unspecified atom stereocenters. The maximum Gasteiger partial charge on any atom is 0.138 e. The third-order valence-corrected chi connectivity index (χ3v) is 3.77. The van der Waals surface area contributed by atoms with E-state index in [-0.39, 0.29) is 0 Å². The summed E-state index contributed by atoms with van der Waals surface area (Å²) in [6, 6.07) is 18.7. The largest absolute Gasteiger partial charge is 0.338 e. The van der Waals surface area contributed by atoms with Gasteiger partial charge in [0, 0.05) is 17.2 Å². The van der Waals surface area contributed by atoms with Crippen LogP contribution in [0.2, 0.25) is 0 Å². The summed E-state index contributed by atoms with van der Waals surface area (Å²) in [5, 5.41) is 0. The van der Waals surface area contributed by atoms with Gasteiger partial charge in [-0.3, -0.25) is 0 Å². The fourth-order valence-corrected chi connectivity index (χ4v) is 2.65. The number of aromatic amines is 1. The van der Waals surface area contributed by atoms with Gasteiger partial charge in [-0.15, -0.1) is 0 Å². The number of benzene rings is 3. The first-order chi connectivity index (χ1) is 11.2. The summed E-state index contributed by atoms with van der Waals surface area (Å²) in [6.07, 6.45) is 0. The molecule has 4 aromatic rings. The monoisotopic (exact) mass is 306 g/mol.